The van der Waals surface area contributed by atoms with E-state index < -0.39 is 0 Å². The van der Waals surface area contributed by atoms with Gasteiger partial charge in [0.1, 0.15) is 5.82 Å². The summed E-state index contributed by atoms with van der Waals surface area (Å²) in [6.45, 7) is 2.51. The summed E-state index contributed by atoms with van der Waals surface area (Å²) in [5.74, 6) is 0.517. The summed E-state index contributed by atoms with van der Waals surface area (Å²) in [7, 11) is 1.59. The smallest absolute Gasteiger partial charge is 0.254 e. The Kier molecular flexibility index (Phi) is 4.95. The van der Waals surface area contributed by atoms with Crippen LogP contribution in [0.4, 0.5) is 0 Å². The molecule has 0 unspecified atom stereocenters. The highest BCUT2D eigenvalue weighted by atomic mass is 16.5. The van der Waals surface area contributed by atoms with E-state index in [0.29, 0.717) is 17.8 Å². The van der Waals surface area contributed by atoms with Crippen molar-refractivity contribution in [2.45, 2.75) is 12.5 Å². The monoisotopic (exact) mass is 312 g/mol. The third-order valence-electron chi connectivity index (χ3n) is 3.84. The number of amides is 1. The first-order valence-corrected chi connectivity index (χ1v) is 7.70. The van der Waals surface area contributed by atoms with E-state index in [0.717, 1.165) is 25.3 Å². The molecule has 1 fully saturated rings. The fourth-order valence-electron chi connectivity index (χ4n) is 2.52. The highest BCUT2D eigenvalue weighted by Crippen LogP contribution is 2.19. The first-order chi connectivity index (χ1) is 11.3. The number of carbonyl (C=O) groups is 1. The lowest BCUT2D eigenvalue weighted by molar-refractivity contribution is 0.0277. The number of benzene rings is 1. The zero-order valence-corrected chi connectivity index (χ0v) is 13.1. The van der Waals surface area contributed by atoms with Gasteiger partial charge in [-0.25, -0.2) is 9.97 Å². The molecule has 2 N–H and O–H groups in total. The molecule has 6 nitrogen and oxygen atoms in total. The van der Waals surface area contributed by atoms with Crippen LogP contribution in [0.1, 0.15) is 33.4 Å². The molecule has 0 saturated carbocycles. The Morgan fingerprint density at radius 3 is 2.65 bits per heavy atom. The minimum atomic E-state index is -0.179. The zero-order chi connectivity index (χ0) is 16.1. The Hall–Kier alpha value is -2.31. The van der Waals surface area contributed by atoms with Crippen molar-refractivity contribution in [1.29, 1.82) is 0 Å². The van der Waals surface area contributed by atoms with Crippen molar-refractivity contribution < 1.29 is 9.53 Å². The van der Waals surface area contributed by atoms with Crippen molar-refractivity contribution in [3.63, 3.8) is 0 Å². The second-order valence-electron chi connectivity index (χ2n) is 5.45. The molecule has 6 heteroatoms. The Morgan fingerprint density at radius 1 is 1.30 bits per heavy atom. The summed E-state index contributed by atoms with van der Waals surface area (Å²) in [5, 5.41) is 5.88. The maximum absolute atomic E-state index is 11.5. The maximum Gasteiger partial charge on any atom is 0.254 e. The summed E-state index contributed by atoms with van der Waals surface area (Å²) in [6.07, 6.45) is 3.87. The van der Waals surface area contributed by atoms with Crippen LogP contribution < -0.4 is 10.6 Å². The number of nitrogens with zero attached hydrogens (tertiary/aromatic N) is 2. The average molecular weight is 312 g/mol. The molecule has 2 heterocycles. The topological polar surface area (TPSA) is 76.1 Å². The van der Waals surface area contributed by atoms with Crippen molar-refractivity contribution >= 4 is 5.91 Å². The molecule has 1 amide bonds. The molecule has 1 saturated heterocycles. The molecule has 23 heavy (non-hydrogen) atoms. The normalized spacial score (nSPS) is 17.7. The maximum atomic E-state index is 11.5. The van der Waals surface area contributed by atoms with Crippen LogP contribution in [0.5, 0.6) is 0 Å². The lowest BCUT2D eigenvalue weighted by atomic mass is 10.0. The third kappa shape index (κ3) is 3.91. The first kappa shape index (κ1) is 15.6. The molecule has 0 spiro atoms. The van der Waals surface area contributed by atoms with E-state index in [-0.39, 0.29) is 12.0 Å². The summed E-state index contributed by atoms with van der Waals surface area (Å²) in [5.41, 5.74) is 2.77. The van der Waals surface area contributed by atoms with Gasteiger partial charge in [0.05, 0.1) is 18.3 Å². The van der Waals surface area contributed by atoms with Crippen LogP contribution >= 0.6 is 0 Å². The number of rotatable bonds is 4. The second-order valence-corrected chi connectivity index (χ2v) is 5.45. The molecule has 3 rings (SSSR count). The van der Waals surface area contributed by atoms with Crippen molar-refractivity contribution in [2.24, 2.45) is 0 Å². The Morgan fingerprint density at radius 2 is 2.04 bits per heavy atom. The summed E-state index contributed by atoms with van der Waals surface area (Å²) in [4.78, 5) is 20.0. The highest BCUT2D eigenvalue weighted by Gasteiger charge is 2.15. The van der Waals surface area contributed by atoms with Crippen molar-refractivity contribution in [2.75, 3.05) is 26.7 Å². The fourth-order valence-corrected chi connectivity index (χ4v) is 2.52. The number of nitrogens with one attached hydrogen (secondary N) is 2. The number of morpholine rings is 1. The number of hydrogen-bond donors (Lipinski definition) is 2. The van der Waals surface area contributed by atoms with Crippen LogP contribution in [0.2, 0.25) is 0 Å². The number of ether oxygens (including phenoxy) is 1. The molecule has 0 aliphatic carbocycles. The van der Waals surface area contributed by atoms with Gasteiger partial charge in [-0.3, -0.25) is 4.79 Å². The Bertz CT molecular complexity index is 649. The van der Waals surface area contributed by atoms with E-state index in [4.69, 9.17) is 4.74 Å². The average Bonchev–Trinajstić information content (AvgIpc) is 2.63. The lowest BCUT2D eigenvalue weighted by Crippen LogP contribution is -2.33. The van der Waals surface area contributed by atoms with Gasteiger partial charge in [-0.05, 0) is 11.1 Å². The van der Waals surface area contributed by atoms with E-state index in [1.807, 2.05) is 0 Å². The van der Waals surface area contributed by atoms with Gasteiger partial charge in [-0.1, -0.05) is 24.3 Å². The second kappa shape index (κ2) is 7.30. The van der Waals surface area contributed by atoms with E-state index in [1.165, 1.54) is 5.56 Å². The van der Waals surface area contributed by atoms with E-state index >= 15 is 0 Å². The summed E-state index contributed by atoms with van der Waals surface area (Å²) in [6, 6.07) is 8.32. The van der Waals surface area contributed by atoms with Crippen LogP contribution in [0, 0.1) is 0 Å². The van der Waals surface area contributed by atoms with Gasteiger partial charge in [0, 0.05) is 39.0 Å². The molecule has 1 aliphatic rings. The zero-order valence-electron chi connectivity index (χ0n) is 13.1. The predicted octanol–water partition coefficient (Wildman–Crippen LogP) is 1.09. The van der Waals surface area contributed by atoms with Crippen LogP contribution in [0.25, 0.3) is 0 Å². The van der Waals surface area contributed by atoms with Crippen LogP contribution in [-0.2, 0) is 11.2 Å². The number of carbonyl (C=O) groups excluding carboxylic acids is 1. The Balaban J connectivity index is 1.64. The minimum Gasteiger partial charge on any atom is -0.371 e. The van der Waals surface area contributed by atoms with Gasteiger partial charge in [0.25, 0.3) is 5.91 Å². The third-order valence-corrected chi connectivity index (χ3v) is 3.84. The standard InChI is InChI=1S/C17H20N4O2/c1-18-17(22)14-9-20-16(21-10-14)8-12-2-4-13(5-3-12)15-11-19-6-7-23-15/h2-5,9-10,15,19H,6-8,11H2,1H3,(H,18,22)/t15-/m1/s1. The molecule has 0 bridgehead atoms. The van der Waals surface area contributed by atoms with Crippen LogP contribution in [0.15, 0.2) is 36.7 Å². The van der Waals surface area contributed by atoms with E-state index in [1.54, 1.807) is 19.4 Å². The van der Waals surface area contributed by atoms with Gasteiger partial charge in [0.15, 0.2) is 0 Å². The molecule has 1 aromatic heterocycles. The van der Waals surface area contributed by atoms with E-state index in [9.17, 15) is 4.79 Å². The van der Waals surface area contributed by atoms with Crippen molar-refractivity contribution in [3.8, 4) is 0 Å². The van der Waals surface area contributed by atoms with Gasteiger partial charge in [-0.15, -0.1) is 0 Å². The van der Waals surface area contributed by atoms with Gasteiger partial charge in [0.2, 0.25) is 0 Å². The molecular weight excluding hydrogens is 292 g/mol. The predicted molar refractivity (Wildman–Crippen MR) is 86.2 cm³/mol. The van der Waals surface area contributed by atoms with Gasteiger partial charge >= 0.3 is 0 Å². The molecular formula is C17H20N4O2. The molecule has 2 aromatic rings. The summed E-state index contributed by atoms with van der Waals surface area (Å²) >= 11 is 0. The van der Waals surface area contributed by atoms with Gasteiger partial charge in [-0.2, -0.15) is 0 Å². The van der Waals surface area contributed by atoms with E-state index in [2.05, 4.69) is 44.9 Å². The SMILES string of the molecule is CNC(=O)c1cnc(Cc2ccc([C@H]3CNCCO3)cc2)nc1. The highest BCUT2D eigenvalue weighted by molar-refractivity contribution is 5.93. The van der Waals surface area contributed by atoms with Crippen molar-refractivity contribution in [1.82, 2.24) is 20.6 Å². The molecule has 1 aliphatic heterocycles. The molecule has 1 atom stereocenters. The molecule has 0 radical (unpaired) electrons. The van der Waals surface area contributed by atoms with Crippen LogP contribution in [0.3, 0.4) is 0 Å². The number of aromatic nitrogens is 2. The van der Waals surface area contributed by atoms with Gasteiger partial charge < -0.3 is 15.4 Å². The summed E-state index contributed by atoms with van der Waals surface area (Å²) < 4.78 is 5.74. The molecule has 1 aromatic carbocycles. The lowest BCUT2D eigenvalue weighted by Gasteiger charge is -2.24. The largest absolute Gasteiger partial charge is 0.371 e. The molecule has 120 valence electrons. The first-order valence-electron chi connectivity index (χ1n) is 7.70. The van der Waals surface area contributed by atoms with Crippen LogP contribution in [-0.4, -0.2) is 42.6 Å². The Labute approximate surface area is 135 Å². The quantitative estimate of drug-likeness (QED) is 0.884. The minimum absolute atomic E-state index is 0.126. The van der Waals surface area contributed by atoms with Crippen molar-refractivity contribution in [3.05, 3.63) is 59.2 Å². The number of hydrogen-bond acceptors (Lipinski definition) is 5. The fraction of sp³-hybridized carbons (Fsp3) is 0.353.